The van der Waals surface area contributed by atoms with E-state index in [1.807, 2.05) is 43.3 Å². The average Bonchev–Trinajstić information content (AvgIpc) is 2.55. The number of carbonyl (C=O) groups is 1. The predicted octanol–water partition coefficient (Wildman–Crippen LogP) is 4.45. The second-order valence-corrected chi connectivity index (χ2v) is 5.52. The normalized spacial score (nSPS) is 10.2. The van der Waals surface area contributed by atoms with E-state index in [0.717, 1.165) is 5.56 Å². The van der Waals surface area contributed by atoms with Gasteiger partial charge in [-0.25, -0.2) is 0 Å². The van der Waals surface area contributed by atoms with Crippen molar-refractivity contribution in [2.75, 3.05) is 19.0 Å². The Bertz CT molecular complexity index is 673. The van der Waals surface area contributed by atoms with Crippen LogP contribution in [-0.2, 0) is 4.79 Å². The summed E-state index contributed by atoms with van der Waals surface area (Å²) in [6, 6.07) is 12.9. The third kappa shape index (κ3) is 5.18. The number of nitrogens with one attached hydrogen (secondary N) is 1. The van der Waals surface area contributed by atoms with Crippen LogP contribution in [0.1, 0.15) is 18.4 Å². The summed E-state index contributed by atoms with van der Waals surface area (Å²) in [5.41, 5.74) is 1.69. The van der Waals surface area contributed by atoms with E-state index >= 15 is 0 Å². The summed E-state index contributed by atoms with van der Waals surface area (Å²) in [4.78, 5) is 11.9. The van der Waals surface area contributed by atoms with Gasteiger partial charge in [0.15, 0.2) is 11.5 Å². The van der Waals surface area contributed by atoms with Crippen LogP contribution in [0.25, 0.3) is 0 Å². The van der Waals surface area contributed by atoms with Gasteiger partial charge in [-0.05, 0) is 43.2 Å². The molecule has 0 bridgehead atoms. The highest BCUT2D eigenvalue weighted by Gasteiger charge is 2.06. The van der Waals surface area contributed by atoms with Gasteiger partial charge in [-0.2, -0.15) is 0 Å². The van der Waals surface area contributed by atoms with Crippen LogP contribution in [0.4, 0.5) is 5.69 Å². The Balaban J connectivity index is 1.75. The molecule has 0 heterocycles. The molecule has 0 aliphatic heterocycles. The number of methoxy groups -OCH3 is 1. The molecule has 23 heavy (non-hydrogen) atoms. The molecule has 0 atom stereocenters. The van der Waals surface area contributed by atoms with Gasteiger partial charge in [0.2, 0.25) is 5.91 Å². The summed E-state index contributed by atoms with van der Waals surface area (Å²) in [5, 5.41) is 3.47. The summed E-state index contributed by atoms with van der Waals surface area (Å²) in [6.45, 7) is 2.37. The van der Waals surface area contributed by atoms with Gasteiger partial charge in [-0.3, -0.25) is 4.79 Å². The molecule has 1 N–H and O–H groups in total. The number of carbonyl (C=O) groups excluding carboxylic acids is 1. The van der Waals surface area contributed by atoms with Crippen molar-refractivity contribution in [2.45, 2.75) is 19.8 Å². The third-order valence-corrected chi connectivity index (χ3v) is 3.74. The molecule has 0 unspecified atom stereocenters. The minimum absolute atomic E-state index is 0.0615. The number of amides is 1. The second-order valence-electron chi connectivity index (χ2n) is 5.12. The zero-order valence-electron chi connectivity index (χ0n) is 13.3. The van der Waals surface area contributed by atoms with Gasteiger partial charge < -0.3 is 14.8 Å². The Hall–Kier alpha value is -2.20. The highest BCUT2D eigenvalue weighted by Crippen LogP contribution is 2.26. The minimum atomic E-state index is -0.0615. The minimum Gasteiger partial charge on any atom is -0.493 e. The maximum absolute atomic E-state index is 11.9. The highest BCUT2D eigenvalue weighted by atomic mass is 35.5. The standard InChI is InChI=1S/C18H20ClNO3/c1-13-9-10-14(12-15(13)19)20-18(21)8-5-11-23-17-7-4-3-6-16(17)22-2/h3-4,6-7,9-10,12H,5,8,11H2,1-2H3,(H,20,21). The van der Waals surface area contributed by atoms with Crippen molar-refractivity contribution in [1.82, 2.24) is 0 Å². The largest absolute Gasteiger partial charge is 0.493 e. The van der Waals surface area contributed by atoms with Crippen LogP contribution in [0.15, 0.2) is 42.5 Å². The van der Waals surface area contributed by atoms with Crippen LogP contribution in [0.2, 0.25) is 5.02 Å². The zero-order chi connectivity index (χ0) is 16.7. The van der Waals surface area contributed by atoms with Crippen molar-refractivity contribution in [3.8, 4) is 11.5 Å². The van der Waals surface area contributed by atoms with Gasteiger partial charge >= 0.3 is 0 Å². The number of para-hydroxylation sites is 2. The lowest BCUT2D eigenvalue weighted by molar-refractivity contribution is -0.116. The molecule has 0 aliphatic rings. The Morgan fingerprint density at radius 2 is 1.91 bits per heavy atom. The first-order valence-corrected chi connectivity index (χ1v) is 7.80. The molecule has 122 valence electrons. The molecule has 0 aliphatic carbocycles. The number of benzene rings is 2. The molecule has 0 saturated heterocycles. The van der Waals surface area contributed by atoms with Crippen LogP contribution in [0.5, 0.6) is 11.5 Å². The number of hydrogen-bond donors (Lipinski definition) is 1. The van der Waals surface area contributed by atoms with Crippen LogP contribution in [-0.4, -0.2) is 19.6 Å². The molecule has 1 amide bonds. The molecular formula is C18H20ClNO3. The summed E-state index contributed by atoms with van der Waals surface area (Å²) in [5.74, 6) is 1.31. The van der Waals surface area contributed by atoms with E-state index in [2.05, 4.69) is 5.32 Å². The van der Waals surface area contributed by atoms with E-state index < -0.39 is 0 Å². The van der Waals surface area contributed by atoms with Crippen LogP contribution in [0.3, 0.4) is 0 Å². The van der Waals surface area contributed by atoms with Gasteiger partial charge in [-0.15, -0.1) is 0 Å². The fourth-order valence-corrected chi connectivity index (χ4v) is 2.23. The maximum atomic E-state index is 11.9. The van der Waals surface area contributed by atoms with Crippen LogP contribution < -0.4 is 14.8 Å². The Morgan fingerprint density at radius 3 is 2.61 bits per heavy atom. The topological polar surface area (TPSA) is 47.6 Å². The van der Waals surface area contributed by atoms with Crippen molar-refractivity contribution in [3.63, 3.8) is 0 Å². The first-order chi connectivity index (χ1) is 11.1. The van der Waals surface area contributed by atoms with Crippen molar-refractivity contribution in [2.24, 2.45) is 0 Å². The molecule has 0 radical (unpaired) electrons. The predicted molar refractivity (Wildman–Crippen MR) is 92.5 cm³/mol. The lowest BCUT2D eigenvalue weighted by Crippen LogP contribution is -2.13. The number of halogens is 1. The lowest BCUT2D eigenvalue weighted by atomic mass is 10.2. The van der Waals surface area contributed by atoms with Gasteiger partial charge in [0.25, 0.3) is 0 Å². The number of aryl methyl sites for hydroxylation is 1. The van der Waals surface area contributed by atoms with Gasteiger partial charge in [0.05, 0.1) is 13.7 Å². The molecule has 2 aromatic rings. The SMILES string of the molecule is COc1ccccc1OCCCC(=O)Nc1ccc(C)c(Cl)c1. The van der Waals surface area contributed by atoms with E-state index in [1.165, 1.54) is 0 Å². The first kappa shape index (κ1) is 17.2. The third-order valence-electron chi connectivity index (χ3n) is 3.33. The first-order valence-electron chi connectivity index (χ1n) is 7.42. The van der Waals surface area contributed by atoms with Crippen molar-refractivity contribution in [3.05, 3.63) is 53.1 Å². The Labute approximate surface area is 141 Å². The van der Waals surface area contributed by atoms with Gasteiger partial charge in [-0.1, -0.05) is 29.8 Å². The maximum Gasteiger partial charge on any atom is 0.224 e. The molecule has 0 saturated carbocycles. The fourth-order valence-electron chi connectivity index (χ4n) is 2.05. The van der Waals surface area contributed by atoms with Gasteiger partial charge in [0, 0.05) is 17.1 Å². The molecule has 2 aromatic carbocycles. The molecule has 4 nitrogen and oxygen atoms in total. The van der Waals surface area contributed by atoms with Crippen LogP contribution in [0, 0.1) is 6.92 Å². The van der Waals surface area contributed by atoms with E-state index in [4.69, 9.17) is 21.1 Å². The highest BCUT2D eigenvalue weighted by molar-refractivity contribution is 6.31. The second kappa shape index (κ2) is 8.44. The average molecular weight is 334 g/mol. The number of rotatable bonds is 7. The Kier molecular flexibility index (Phi) is 6.29. The number of anilines is 1. The van der Waals surface area contributed by atoms with Crippen molar-refractivity contribution < 1.29 is 14.3 Å². The molecule has 5 heteroatoms. The molecular weight excluding hydrogens is 314 g/mol. The summed E-state index contributed by atoms with van der Waals surface area (Å²) in [7, 11) is 1.60. The summed E-state index contributed by atoms with van der Waals surface area (Å²) >= 11 is 6.04. The Morgan fingerprint density at radius 1 is 1.17 bits per heavy atom. The number of hydrogen-bond acceptors (Lipinski definition) is 3. The molecule has 2 rings (SSSR count). The van der Waals surface area contributed by atoms with E-state index in [9.17, 15) is 4.79 Å². The summed E-state index contributed by atoms with van der Waals surface area (Å²) < 4.78 is 10.8. The van der Waals surface area contributed by atoms with Gasteiger partial charge in [0.1, 0.15) is 0 Å². The van der Waals surface area contributed by atoms with E-state index in [1.54, 1.807) is 13.2 Å². The van der Waals surface area contributed by atoms with E-state index in [-0.39, 0.29) is 5.91 Å². The fraction of sp³-hybridized carbons (Fsp3) is 0.278. The van der Waals surface area contributed by atoms with Crippen molar-refractivity contribution >= 4 is 23.2 Å². The monoisotopic (exact) mass is 333 g/mol. The quantitative estimate of drug-likeness (QED) is 0.761. The van der Waals surface area contributed by atoms with E-state index in [0.29, 0.717) is 41.7 Å². The molecule has 0 aromatic heterocycles. The van der Waals surface area contributed by atoms with Crippen LogP contribution >= 0.6 is 11.6 Å². The number of ether oxygens (including phenoxy) is 2. The molecule has 0 fully saturated rings. The molecule has 0 spiro atoms. The van der Waals surface area contributed by atoms with Crippen molar-refractivity contribution in [1.29, 1.82) is 0 Å². The zero-order valence-corrected chi connectivity index (χ0v) is 14.0. The lowest BCUT2D eigenvalue weighted by Gasteiger charge is -2.10. The smallest absolute Gasteiger partial charge is 0.224 e. The summed E-state index contributed by atoms with van der Waals surface area (Å²) in [6.07, 6.45) is 0.990.